The minimum Gasteiger partial charge on any atom is -0.322 e. The van der Waals surface area contributed by atoms with E-state index in [0.29, 0.717) is 12.1 Å². The van der Waals surface area contributed by atoms with Crippen molar-refractivity contribution in [2.24, 2.45) is 0 Å². The van der Waals surface area contributed by atoms with Gasteiger partial charge < -0.3 is 5.32 Å². The van der Waals surface area contributed by atoms with Crippen molar-refractivity contribution in [2.45, 2.75) is 13.5 Å². The molecule has 0 saturated carbocycles. The zero-order chi connectivity index (χ0) is 15.4. The van der Waals surface area contributed by atoms with E-state index in [1.165, 1.54) is 0 Å². The van der Waals surface area contributed by atoms with Gasteiger partial charge >= 0.3 is 0 Å². The summed E-state index contributed by atoms with van der Waals surface area (Å²) in [4.78, 5) is 12.3. The lowest BCUT2D eigenvalue weighted by atomic mass is 10.1. The minimum absolute atomic E-state index is 0.0973. The average Bonchev–Trinajstić information content (AvgIpc) is 3.03. The molecule has 0 aliphatic carbocycles. The first-order chi connectivity index (χ1) is 10.7. The topological polar surface area (TPSA) is 46.9 Å². The van der Waals surface area contributed by atoms with Gasteiger partial charge in [-0.3, -0.25) is 9.48 Å². The van der Waals surface area contributed by atoms with Crippen molar-refractivity contribution in [3.8, 4) is 0 Å². The number of hydrogen-bond acceptors (Lipinski definition) is 2. The van der Waals surface area contributed by atoms with E-state index in [1.807, 2.05) is 72.4 Å². The van der Waals surface area contributed by atoms with Gasteiger partial charge in [-0.25, -0.2) is 0 Å². The molecule has 0 bridgehead atoms. The summed E-state index contributed by atoms with van der Waals surface area (Å²) >= 11 is 0. The molecule has 0 saturated heterocycles. The molecule has 1 aromatic heterocycles. The molecule has 1 heterocycles. The van der Waals surface area contributed by atoms with Crippen LogP contribution in [0.1, 0.15) is 21.5 Å². The molecule has 3 aromatic rings. The molecule has 0 fully saturated rings. The van der Waals surface area contributed by atoms with Crippen molar-refractivity contribution in [1.29, 1.82) is 0 Å². The molecule has 1 amide bonds. The number of benzene rings is 2. The molecule has 0 radical (unpaired) electrons. The van der Waals surface area contributed by atoms with E-state index in [-0.39, 0.29) is 5.91 Å². The van der Waals surface area contributed by atoms with Gasteiger partial charge in [0.2, 0.25) is 0 Å². The second-order valence-corrected chi connectivity index (χ2v) is 5.17. The van der Waals surface area contributed by atoms with Crippen LogP contribution in [0.25, 0.3) is 0 Å². The molecule has 0 atom stereocenters. The van der Waals surface area contributed by atoms with Crippen LogP contribution in [0.5, 0.6) is 0 Å². The first-order valence-electron chi connectivity index (χ1n) is 7.16. The molecule has 4 nitrogen and oxygen atoms in total. The van der Waals surface area contributed by atoms with Crippen molar-refractivity contribution >= 4 is 11.6 Å². The highest BCUT2D eigenvalue weighted by atomic mass is 16.1. The normalized spacial score (nSPS) is 10.4. The van der Waals surface area contributed by atoms with Gasteiger partial charge in [-0.05, 0) is 42.3 Å². The van der Waals surface area contributed by atoms with E-state index in [2.05, 4.69) is 10.4 Å². The Bertz CT molecular complexity index is 761. The predicted octanol–water partition coefficient (Wildman–Crippen LogP) is 3.49. The van der Waals surface area contributed by atoms with Gasteiger partial charge in [0, 0.05) is 23.6 Å². The molecular formula is C18H17N3O. The van der Waals surface area contributed by atoms with Crippen LogP contribution in [0.4, 0.5) is 5.69 Å². The van der Waals surface area contributed by atoms with Gasteiger partial charge in [0.15, 0.2) is 0 Å². The molecule has 0 aliphatic heterocycles. The summed E-state index contributed by atoms with van der Waals surface area (Å²) < 4.78 is 1.85. The van der Waals surface area contributed by atoms with E-state index in [0.717, 1.165) is 16.8 Å². The molecule has 2 aromatic carbocycles. The SMILES string of the molecule is Cc1ccccc1NC(=O)c1ccc(Cn2cccn2)cc1. The van der Waals surface area contributed by atoms with Crippen LogP contribution in [-0.4, -0.2) is 15.7 Å². The van der Waals surface area contributed by atoms with Crippen molar-refractivity contribution in [3.05, 3.63) is 83.7 Å². The van der Waals surface area contributed by atoms with Gasteiger partial charge in [0.05, 0.1) is 6.54 Å². The number of amides is 1. The summed E-state index contributed by atoms with van der Waals surface area (Å²) in [6.07, 6.45) is 3.67. The fourth-order valence-corrected chi connectivity index (χ4v) is 2.25. The van der Waals surface area contributed by atoms with Gasteiger partial charge in [-0.1, -0.05) is 30.3 Å². The lowest BCUT2D eigenvalue weighted by Crippen LogP contribution is -2.12. The Morgan fingerprint density at radius 3 is 2.55 bits per heavy atom. The molecule has 4 heteroatoms. The summed E-state index contributed by atoms with van der Waals surface area (Å²) in [7, 11) is 0. The largest absolute Gasteiger partial charge is 0.322 e. The van der Waals surface area contributed by atoms with Crippen LogP contribution in [0, 0.1) is 6.92 Å². The molecule has 0 unspecified atom stereocenters. The van der Waals surface area contributed by atoms with E-state index in [1.54, 1.807) is 6.20 Å². The third-order valence-electron chi connectivity index (χ3n) is 3.51. The first-order valence-corrected chi connectivity index (χ1v) is 7.16. The van der Waals surface area contributed by atoms with Gasteiger partial charge in [0.1, 0.15) is 0 Å². The van der Waals surface area contributed by atoms with Crippen molar-refractivity contribution < 1.29 is 4.79 Å². The summed E-state index contributed by atoms with van der Waals surface area (Å²) in [5.41, 5.74) is 3.64. The standard InChI is InChI=1S/C18H17N3O/c1-14-5-2-3-6-17(14)20-18(22)16-9-7-15(8-10-16)13-21-12-4-11-19-21/h2-12H,13H2,1H3,(H,20,22). The number of carbonyl (C=O) groups is 1. The van der Waals surface area contributed by atoms with Gasteiger partial charge in [-0.2, -0.15) is 5.10 Å². The number of rotatable bonds is 4. The lowest BCUT2D eigenvalue weighted by Gasteiger charge is -2.08. The monoisotopic (exact) mass is 291 g/mol. The third kappa shape index (κ3) is 3.23. The van der Waals surface area contributed by atoms with E-state index in [9.17, 15) is 4.79 Å². The number of anilines is 1. The molecular weight excluding hydrogens is 274 g/mol. The van der Waals surface area contributed by atoms with Crippen molar-refractivity contribution in [2.75, 3.05) is 5.32 Å². The molecule has 22 heavy (non-hydrogen) atoms. The van der Waals surface area contributed by atoms with Crippen LogP contribution in [0.15, 0.2) is 67.0 Å². The van der Waals surface area contributed by atoms with E-state index >= 15 is 0 Å². The molecule has 110 valence electrons. The highest BCUT2D eigenvalue weighted by molar-refractivity contribution is 6.04. The average molecular weight is 291 g/mol. The summed E-state index contributed by atoms with van der Waals surface area (Å²) in [6, 6.07) is 17.2. The quantitative estimate of drug-likeness (QED) is 0.800. The van der Waals surface area contributed by atoms with Crippen LogP contribution in [0.3, 0.4) is 0 Å². The third-order valence-corrected chi connectivity index (χ3v) is 3.51. The van der Waals surface area contributed by atoms with Crippen LogP contribution < -0.4 is 5.32 Å². The first kappa shape index (κ1) is 14.1. The zero-order valence-corrected chi connectivity index (χ0v) is 12.4. The fraction of sp³-hybridized carbons (Fsp3) is 0.111. The number of para-hydroxylation sites is 1. The molecule has 1 N–H and O–H groups in total. The molecule has 0 spiro atoms. The molecule has 3 rings (SSSR count). The number of nitrogens with zero attached hydrogens (tertiary/aromatic N) is 2. The maximum absolute atomic E-state index is 12.3. The smallest absolute Gasteiger partial charge is 0.255 e. The van der Waals surface area contributed by atoms with Gasteiger partial charge in [0.25, 0.3) is 5.91 Å². The van der Waals surface area contributed by atoms with Crippen LogP contribution >= 0.6 is 0 Å². The minimum atomic E-state index is -0.0973. The van der Waals surface area contributed by atoms with Gasteiger partial charge in [-0.15, -0.1) is 0 Å². The second-order valence-electron chi connectivity index (χ2n) is 5.17. The Labute approximate surface area is 129 Å². The highest BCUT2D eigenvalue weighted by Crippen LogP contribution is 2.15. The highest BCUT2D eigenvalue weighted by Gasteiger charge is 2.07. The Hall–Kier alpha value is -2.88. The summed E-state index contributed by atoms with van der Waals surface area (Å²) in [6.45, 7) is 2.68. The zero-order valence-electron chi connectivity index (χ0n) is 12.4. The van der Waals surface area contributed by atoms with Crippen LogP contribution in [0.2, 0.25) is 0 Å². The summed E-state index contributed by atoms with van der Waals surface area (Å²) in [5.74, 6) is -0.0973. The van der Waals surface area contributed by atoms with E-state index < -0.39 is 0 Å². The Balaban J connectivity index is 1.70. The number of nitrogens with one attached hydrogen (secondary N) is 1. The number of carbonyl (C=O) groups excluding carboxylic acids is 1. The maximum Gasteiger partial charge on any atom is 0.255 e. The molecule has 0 aliphatic rings. The maximum atomic E-state index is 12.3. The Kier molecular flexibility index (Phi) is 4.01. The lowest BCUT2D eigenvalue weighted by molar-refractivity contribution is 0.102. The Morgan fingerprint density at radius 2 is 1.86 bits per heavy atom. The second kappa shape index (κ2) is 6.26. The predicted molar refractivity (Wildman–Crippen MR) is 86.9 cm³/mol. The van der Waals surface area contributed by atoms with E-state index in [4.69, 9.17) is 0 Å². The fourth-order valence-electron chi connectivity index (χ4n) is 2.25. The van der Waals surface area contributed by atoms with Crippen molar-refractivity contribution in [1.82, 2.24) is 9.78 Å². The Morgan fingerprint density at radius 1 is 1.09 bits per heavy atom. The van der Waals surface area contributed by atoms with Crippen molar-refractivity contribution in [3.63, 3.8) is 0 Å². The summed E-state index contributed by atoms with van der Waals surface area (Å²) in [5, 5.41) is 7.11. The number of aromatic nitrogens is 2. The number of hydrogen-bond donors (Lipinski definition) is 1. The number of aryl methyl sites for hydroxylation is 1. The van der Waals surface area contributed by atoms with Crippen LogP contribution in [-0.2, 0) is 6.54 Å².